The highest BCUT2D eigenvalue weighted by Gasteiger charge is 2.39. The fourth-order valence-corrected chi connectivity index (χ4v) is 4.22. The van der Waals surface area contributed by atoms with E-state index in [1.165, 1.54) is 40.4 Å². The molecule has 0 aromatic heterocycles. The third kappa shape index (κ3) is 3.05. The van der Waals surface area contributed by atoms with Gasteiger partial charge in [-0.15, -0.1) is 0 Å². The van der Waals surface area contributed by atoms with Crippen molar-refractivity contribution in [3.63, 3.8) is 0 Å². The van der Waals surface area contributed by atoms with Gasteiger partial charge < -0.3 is 4.90 Å². The molecule has 1 aromatic rings. The van der Waals surface area contributed by atoms with Crippen molar-refractivity contribution < 1.29 is 18.0 Å². The molecular weight excluding hydrogens is 304 g/mol. The zero-order valence-corrected chi connectivity index (χ0v) is 13.8. The number of rotatable bonds is 4. The van der Waals surface area contributed by atoms with Gasteiger partial charge in [0, 0.05) is 26.2 Å². The Bertz CT molecular complexity index is 680. The monoisotopic (exact) mass is 324 g/mol. The van der Waals surface area contributed by atoms with Crippen molar-refractivity contribution in [1.29, 1.82) is 0 Å². The maximum absolute atomic E-state index is 12.7. The van der Waals surface area contributed by atoms with Crippen LogP contribution < -0.4 is 0 Å². The van der Waals surface area contributed by atoms with Crippen molar-refractivity contribution in [2.75, 3.05) is 20.6 Å². The Hall–Kier alpha value is -1.73. The zero-order valence-electron chi connectivity index (χ0n) is 12.9. The number of likely N-dealkylation sites (N-methyl/N-ethyl adjacent to an activating group) is 1. The van der Waals surface area contributed by atoms with Gasteiger partial charge in [-0.2, -0.15) is 4.31 Å². The highest BCUT2D eigenvalue weighted by Crippen LogP contribution is 2.27. The van der Waals surface area contributed by atoms with Crippen molar-refractivity contribution in [2.24, 2.45) is 0 Å². The average molecular weight is 324 g/mol. The molecule has 0 spiro atoms. The summed E-state index contributed by atoms with van der Waals surface area (Å²) < 4.78 is 26.7. The molecule has 1 saturated heterocycles. The molecule has 0 unspecified atom stereocenters. The van der Waals surface area contributed by atoms with E-state index in [0.717, 1.165) is 0 Å². The number of Topliss-reactive ketones (excluding diaryl/α,β-unsaturated/α-hetero) is 1. The summed E-state index contributed by atoms with van der Waals surface area (Å²) in [7, 11) is -0.498. The smallest absolute Gasteiger partial charge is 0.243 e. The summed E-state index contributed by atoms with van der Waals surface area (Å²) in [6.07, 6.45) is 1.19. The molecule has 120 valence electrons. The third-order valence-electron chi connectivity index (χ3n) is 3.80. The van der Waals surface area contributed by atoms with Crippen LogP contribution in [0.5, 0.6) is 0 Å². The maximum atomic E-state index is 12.7. The Morgan fingerprint density at radius 2 is 1.77 bits per heavy atom. The van der Waals surface area contributed by atoms with E-state index in [0.29, 0.717) is 24.9 Å². The summed E-state index contributed by atoms with van der Waals surface area (Å²) in [5.41, 5.74) is 0.460. The van der Waals surface area contributed by atoms with Gasteiger partial charge in [0.05, 0.1) is 4.90 Å². The summed E-state index contributed by atoms with van der Waals surface area (Å²) in [6, 6.07) is 5.18. The standard InChI is InChI=1S/C15H20N2O4S/c1-11(18)12-6-8-13(9-7-12)22(20,21)17-10-4-5-14(17)15(19)16(2)3/h6-9,14H,4-5,10H2,1-3H3/t14-/m1/s1. The van der Waals surface area contributed by atoms with E-state index in [2.05, 4.69) is 0 Å². The summed E-state index contributed by atoms with van der Waals surface area (Å²) in [4.78, 5) is 24.9. The molecule has 0 radical (unpaired) electrons. The molecule has 22 heavy (non-hydrogen) atoms. The zero-order chi connectivity index (χ0) is 16.5. The minimum Gasteiger partial charge on any atom is -0.347 e. The fraction of sp³-hybridized carbons (Fsp3) is 0.467. The van der Waals surface area contributed by atoms with Gasteiger partial charge in [-0.25, -0.2) is 8.42 Å². The molecule has 1 aromatic carbocycles. The van der Waals surface area contributed by atoms with Gasteiger partial charge in [-0.3, -0.25) is 9.59 Å². The van der Waals surface area contributed by atoms with Crippen LogP contribution in [0, 0.1) is 0 Å². The van der Waals surface area contributed by atoms with Crippen LogP contribution >= 0.6 is 0 Å². The van der Waals surface area contributed by atoms with Crippen LogP contribution in [0.15, 0.2) is 29.2 Å². The van der Waals surface area contributed by atoms with E-state index >= 15 is 0 Å². The number of amides is 1. The quantitative estimate of drug-likeness (QED) is 0.778. The van der Waals surface area contributed by atoms with Crippen LogP contribution in [0.4, 0.5) is 0 Å². The number of nitrogens with zero attached hydrogens (tertiary/aromatic N) is 2. The number of carbonyl (C=O) groups excluding carboxylic acids is 2. The number of hydrogen-bond donors (Lipinski definition) is 0. The molecule has 1 heterocycles. The second kappa shape index (κ2) is 6.18. The lowest BCUT2D eigenvalue weighted by Crippen LogP contribution is -2.45. The predicted octanol–water partition coefficient (Wildman–Crippen LogP) is 1.13. The van der Waals surface area contributed by atoms with Crippen LogP contribution in [-0.4, -0.2) is 56.0 Å². The topological polar surface area (TPSA) is 74.8 Å². The van der Waals surface area contributed by atoms with E-state index in [-0.39, 0.29) is 16.6 Å². The minimum absolute atomic E-state index is 0.107. The minimum atomic E-state index is -3.73. The first-order valence-electron chi connectivity index (χ1n) is 7.09. The summed E-state index contributed by atoms with van der Waals surface area (Å²) >= 11 is 0. The van der Waals surface area contributed by atoms with Crippen molar-refractivity contribution in [3.05, 3.63) is 29.8 Å². The Labute approximate surface area is 130 Å². The normalized spacial score (nSPS) is 19.1. The Kier molecular flexibility index (Phi) is 4.67. The van der Waals surface area contributed by atoms with Crippen molar-refractivity contribution in [2.45, 2.75) is 30.7 Å². The van der Waals surface area contributed by atoms with Crippen molar-refractivity contribution >= 4 is 21.7 Å². The average Bonchev–Trinajstić information content (AvgIpc) is 2.96. The molecule has 1 aliphatic rings. The van der Waals surface area contributed by atoms with Gasteiger partial charge in [-0.1, -0.05) is 12.1 Å². The number of hydrogen-bond acceptors (Lipinski definition) is 4. The van der Waals surface area contributed by atoms with Gasteiger partial charge in [0.2, 0.25) is 15.9 Å². The van der Waals surface area contributed by atoms with E-state index in [4.69, 9.17) is 0 Å². The molecule has 0 N–H and O–H groups in total. The van der Waals surface area contributed by atoms with E-state index in [1.54, 1.807) is 14.1 Å². The first-order chi connectivity index (χ1) is 10.2. The first-order valence-corrected chi connectivity index (χ1v) is 8.53. The number of carbonyl (C=O) groups is 2. The molecule has 1 amide bonds. The number of ketones is 1. The third-order valence-corrected chi connectivity index (χ3v) is 5.72. The largest absolute Gasteiger partial charge is 0.347 e. The molecule has 0 aliphatic carbocycles. The highest BCUT2D eigenvalue weighted by molar-refractivity contribution is 7.89. The number of benzene rings is 1. The Morgan fingerprint density at radius 3 is 2.27 bits per heavy atom. The Balaban J connectivity index is 2.33. The van der Waals surface area contributed by atoms with Gasteiger partial charge in [0.25, 0.3) is 0 Å². The van der Waals surface area contributed by atoms with Crippen LogP contribution in [0.1, 0.15) is 30.1 Å². The molecule has 7 heteroatoms. The van der Waals surface area contributed by atoms with Gasteiger partial charge in [0.1, 0.15) is 6.04 Å². The molecule has 0 saturated carbocycles. The van der Waals surface area contributed by atoms with Gasteiger partial charge in [-0.05, 0) is 31.9 Å². The van der Waals surface area contributed by atoms with Crippen LogP contribution in [0.2, 0.25) is 0 Å². The van der Waals surface area contributed by atoms with Gasteiger partial charge >= 0.3 is 0 Å². The number of sulfonamides is 1. The molecule has 6 nitrogen and oxygen atoms in total. The molecular formula is C15H20N2O4S. The van der Waals surface area contributed by atoms with Crippen LogP contribution in [-0.2, 0) is 14.8 Å². The van der Waals surface area contributed by atoms with E-state index in [9.17, 15) is 18.0 Å². The summed E-state index contributed by atoms with van der Waals surface area (Å²) in [5, 5.41) is 0. The fourth-order valence-electron chi connectivity index (χ4n) is 2.57. The molecule has 0 bridgehead atoms. The lowest BCUT2D eigenvalue weighted by molar-refractivity contribution is -0.132. The predicted molar refractivity (Wildman–Crippen MR) is 82.1 cm³/mol. The van der Waals surface area contributed by atoms with Crippen molar-refractivity contribution in [3.8, 4) is 0 Å². The summed E-state index contributed by atoms with van der Waals surface area (Å²) in [6.45, 7) is 1.76. The Morgan fingerprint density at radius 1 is 1.18 bits per heavy atom. The lowest BCUT2D eigenvalue weighted by atomic mass is 10.2. The first kappa shape index (κ1) is 16.6. The lowest BCUT2D eigenvalue weighted by Gasteiger charge is -2.25. The van der Waals surface area contributed by atoms with Crippen molar-refractivity contribution in [1.82, 2.24) is 9.21 Å². The molecule has 1 fully saturated rings. The molecule has 1 aliphatic heterocycles. The van der Waals surface area contributed by atoms with Crippen LogP contribution in [0.25, 0.3) is 0 Å². The van der Waals surface area contributed by atoms with E-state index < -0.39 is 16.1 Å². The van der Waals surface area contributed by atoms with Gasteiger partial charge in [0.15, 0.2) is 5.78 Å². The molecule has 1 atom stereocenters. The van der Waals surface area contributed by atoms with Crippen LogP contribution in [0.3, 0.4) is 0 Å². The second-order valence-electron chi connectivity index (χ2n) is 5.59. The SMILES string of the molecule is CC(=O)c1ccc(S(=O)(=O)N2CCC[C@@H]2C(=O)N(C)C)cc1. The second-order valence-corrected chi connectivity index (χ2v) is 7.48. The summed E-state index contributed by atoms with van der Waals surface area (Å²) in [5.74, 6) is -0.327. The van der Waals surface area contributed by atoms with E-state index in [1.807, 2.05) is 0 Å². The molecule has 2 rings (SSSR count). The maximum Gasteiger partial charge on any atom is 0.243 e. The highest BCUT2D eigenvalue weighted by atomic mass is 32.2.